The molecule has 0 radical (unpaired) electrons. The summed E-state index contributed by atoms with van der Waals surface area (Å²) in [5.74, 6) is 0.690. The number of hydrogen-bond acceptors (Lipinski definition) is 7. The fraction of sp³-hybridized carbons (Fsp3) is 0.300. The molecular weight excluding hydrogens is 348 g/mol. The number of rotatable bonds is 5. The van der Waals surface area contributed by atoms with Crippen LogP contribution in [0.5, 0.6) is 5.75 Å². The average Bonchev–Trinajstić information content (AvgIpc) is 3.22. The fourth-order valence-electron chi connectivity index (χ4n) is 3.26. The third kappa shape index (κ3) is 3.65. The van der Waals surface area contributed by atoms with Gasteiger partial charge in [-0.05, 0) is 24.3 Å². The molecule has 1 saturated heterocycles. The Morgan fingerprint density at radius 3 is 2.78 bits per heavy atom. The highest BCUT2D eigenvalue weighted by atomic mass is 16.5. The second-order valence-electron chi connectivity index (χ2n) is 6.32. The molecule has 2 aromatic heterocycles. The molecule has 1 unspecified atom stereocenters. The number of ether oxygens (including phenoxy) is 1. The zero-order valence-electron chi connectivity index (χ0n) is 14.7. The highest BCUT2D eigenvalue weighted by molar-refractivity contribution is 5.93. The molecule has 0 amide bonds. The lowest BCUT2D eigenvalue weighted by molar-refractivity contribution is 0.0137. The van der Waals surface area contributed by atoms with E-state index in [0.717, 1.165) is 18.8 Å². The molecule has 1 atom stereocenters. The van der Waals surface area contributed by atoms with E-state index in [2.05, 4.69) is 9.89 Å². The van der Waals surface area contributed by atoms with Gasteiger partial charge in [0.1, 0.15) is 22.7 Å². The van der Waals surface area contributed by atoms with Crippen LogP contribution in [0.15, 0.2) is 61.3 Å². The summed E-state index contributed by atoms with van der Waals surface area (Å²) in [7, 11) is 0. The van der Waals surface area contributed by atoms with E-state index in [9.17, 15) is 9.90 Å². The van der Waals surface area contributed by atoms with Crippen molar-refractivity contribution in [1.82, 2.24) is 4.90 Å². The Morgan fingerprint density at radius 2 is 2.00 bits per heavy atom. The molecule has 1 aromatic carbocycles. The minimum atomic E-state index is -0.615. The molecule has 1 aliphatic heterocycles. The number of aromatic hydroxyl groups is 1. The lowest BCUT2D eigenvalue weighted by Crippen LogP contribution is -2.40. The standard InChI is InChI=1S/C20H20N2O5/c23-19-14-4-1-2-5-17(14)27-20(24)15(19)12-21-13-16(18-6-3-9-26-18)22-7-10-25-11-8-22/h1-6,9,12,16,23H,7-8,10-11,13H2. The van der Waals surface area contributed by atoms with Crippen molar-refractivity contribution in [2.45, 2.75) is 6.04 Å². The zero-order chi connectivity index (χ0) is 18.6. The molecule has 3 heterocycles. The Labute approximate surface area is 155 Å². The Morgan fingerprint density at radius 1 is 1.19 bits per heavy atom. The van der Waals surface area contributed by atoms with Crippen LogP contribution in [0, 0.1) is 0 Å². The highest BCUT2D eigenvalue weighted by Gasteiger charge is 2.24. The van der Waals surface area contributed by atoms with E-state index in [1.54, 1.807) is 30.5 Å². The molecule has 1 N–H and O–H groups in total. The summed E-state index contributed by atoms with van der Waals surface area (Å²) in [4.78, 5) is 18.8. The first-order valence-corrected chi connectivity index (χ1v) is 8.84. The van der Waals surface area contributed by atoms with E-state index in [1.807, 2.05) is 12.1 Å². The minimum absolute atomic E-state index is 0.0499. The molecule has 0 bridgehead atoms. The number of fused-ring (bicyclic) bond motifs is 1. The third-order valence-corrected chi connectivity index (χ3v) is 4.68. The summed E-state index contributed by atoms with van der Waals surface area (Å²) in [5.41, 5.74) is -0.219. The second-order valence-corrected chi connectivity index (χ2v) is 6.32. The van der Waals surface area contributed by atoms with Gasteiger partial charge in [0.05, 0.1) is 37.4 Å². The van der Waals surface area contributed by atoms with Gasteiger partial charge in [0, 0.05) is 19.3 Å². The molecule has 27 heavy (non-hydrogen) atoms. The highest BCUT2D eigenvalue weighted by Crippen LogP contribution is 2.26. The summed E-state index contributed by atoms with van der Waals surface area (Å²) in [6.07, 6.45) is 3.01. The number of benzene rings is 1. The quantitative estimate of drug-likeness (QED) is 0.550. The monoisotopic (exact) mass is 368 g/mol. The van der Waals surface area contributed by atoms with Crippen molar-refractivity contribution < 1.29 is 18.7 Å². The van der Waals surface area contributed by atoms with Crippen LogP contribution in [0.3, 0.4) is 0 Å². The van der Waals surface area contributed by atoms with Crippen LogP contribution >= 0.6 is 0 Å². The van der Waals surface area contributed by atoms with Gasteiger partial charge in [-0.2, -0.15) is 0 Å². The molecule has 3 aromatic rings. The molecule has 0 spiro atoms. The van der Waals surface area contributed by atoms with Crippen LogP contribution in [-0.2, 0) is 4.74 Å². The summed E-state index contributed by atoms with van der Waals surface area (Å²) in [6, 6.07) is 10.6. The maximum Gasteiger partial charge on any atom is 0.348 e. The van der Waals surface area contributed by atoms with Gasteiger partial charge in [-0.25, -0.2) is 4.79 Å². The summed E-state index contributed by atoms with van der Waals surface area (Å²) in [5, 5.41) is 10.9. The van der Waals surface area contributed by atoms with E-state index in [4.69, 9.17) is 13.6 Å². The molecule has 7 heteroatoms. The predicted octanol–water partition coefficient (Wildman–Crippen LogP) is 2.58. The molecule has 1 fully saturated rings. The van der Waals surface area contributed by atoms with E-state index in [1.165, 1.54) is 6.21 Å². The van der Waals surface area contributed by atoms with Crippen LogP contribution in [0.25, 0.3) is 11.0 Å². The van der Waals surface area contributed by atoms with Crippen molar-refractivity contribution in [3.8, 4) is 5.75 Å². The summed E-state index contributed by atoms with van der Waals surface area (Å²) < 4.78 is 16.3. The van der Waals surface area contributed by atoms with Crippen molar-refractivity contribution in [3.63, 3.8) is 0 Å². The number of para-hydroxylation sites is 1. The van der Waals surface area contributed by atoms with Crippen LogP contribution in [0.1, 0.15) is 17.4 Å². The normalized spacial score (nSPS) is 16.9. The predicted molar refractivity (Wildman–Crippen MR) is 100 cm³/mol. The number of morpholine rings is 1. The average molecular weight is 368 g/mol. The van der Waals surface area contributed by atoms with Crippen LogP contribution in [-0.4, -0.2) is 49.1 Å². The first-order valence-electron chi connectivity index (χ1n) is 8.84. The Bertz CT molecular complexity index is 987. The Kier molecular flexibility index (Phi) is 5.04. The minimum Gasteiger partial charge on any atom is -0.506 e. The van der Waals surface area contributed by atoms with Gasteiger partial charge in [-0.3, -0.25) is 9.89 Å². The van der Waals surface area contributed by atoms with Gasteiger partial charge < -0.3 is 18.7 Å². The van der Waals surface area contributed by atoms with Crippen LogP contribution in [0.4, 0.5) is 0 Å². The van der Waals surface area contributed by atoms with Gasteiger partial charge in [0.15, 0.2) is 0 Å². The number of furan rings is 1. The lowest BCUT2D eigenvalue weighted by atomic mass is 10.1. The van der Waals surface area contributed by atoms with E-state index in [-0.39, 0.29) is 17.4 Å². The summed E-state index contributed by atoms with van der Waals surface area (Å²) >= 11 is 0. The third-order valence-electron chi connectivity index (χ3n) is 4.68. The maximum atomic E-state index is 12.2. The molecule has 0 saturated carbocycles. The maximum absolute atomic E-state index is 12.2. The molecular formula is C20H20N2O5. The molecule has 1 aliphatic rings. The van der Waals surface area contributed by atoms with E-state index in [0.29, 0.717) is 30.7 Å². The number of hydrogen-bond donors (Lipinski definition) is 1. The van der Waals surface area contributed by atoms with Gasteiger partial charge in [0.25, 0.3) is 0 Å². The Hall–Kier alpha value is -2.90. The van der Waals surface area contributed by atoms with Crippen LogP contribution < -0.4 is 5.63 Å². The van der Waals surface area contributed by atoms with E-state index >= 15 is 0 Å². The van der Waals surface area contributed by atoms with Gasteiger partial charge in [-0.1, -0.05) is 12.1 Å². The smallest absolute Gasteiger partial charge is 0.348 e. The van der Waals surface area contributed by atoms with Crippen molar-refractivity contribution in [2.75, 3.05) is 32.8 Å². The molecule has 4 rings (SSSR count). The zero-order valence-corrected chi connectivity index (χ0v) is 14.7. The second kappa shape index (κ2) is 7.77. The molecule has 7 nitrogen and oxygen atoms in total. The van der Waals surface area contributed by atoms with Gasteiger partial charge in [-0.15, -0.1) is 0 Å². The largest absolute Gasteiger partial charge is 0.506 e. The van der Waals surface area contributed by atoms with Crippen molar-refractivity contribution in [1.29, 1.82) is 0 Å². The summed E-state index contributed by atoms with van der Waals surface area (Å²) in [6.45, 7) is 3.28. The number of aliphatic imine (C=N–C) groups is 1. The first-order chi connectivity index (χ1) is 13.2. The number of nitrogens with zero attached hydrogens (tertiary/aromatic N) is 2. The van der Waals surface area contributed by atoms with Crippen LogP contribution in [0.2, 0.25) is 0 Å². The molecule has 0 aliphatic carbocycles. The van der Waals surface area contributed by atoms with Crippen molar-refractivity contribution >= 4 is 17.2 Å². The topological polar surface area (TPSA) is 88.4 Å². The first kappa shape index (κ1) is 17.5. The fourth-order valence-corrected chi connectivity index (χ4v) is 3.26. The van der Waals surface area contributed by atoms with Crippen molar-refractivity contribution in [3.05, 3.63) is 64.4 Å². The molecule has 140 valence electrons. The van der Waals surface area contributed by atoms with Crippen molar-refractivity contribution in [2.24, 2.45) is 4.99 Å². The Balaban J connectivity index is 1.60. The van der Waals surface area contributed by atoms with E-state index < -0.39 is 5.63 Å². The van der Waals surface area contributed by atoms with Gasteiger partial charge in [0.2, 0.25) is 0 Å². The van der Waals surface area contributed by atoms with Gasteiger partial charge >= 0.3 is 5.63 Å². The lowest BCUT2D eigenvalue weighted by Gasteiger charge is -2.32. The SMILES string of the molecule is O=c1oc2ccccc2c(O)c1C=NCC(c1ccco1)N1CCOCC1.